The highest BCUT2D eigenvalue weighted by atomic mass is 32.2. The summed E-state index contributed by atoms with van der Waals surface area (Å²) >= 11 is 1.23. The van der Waals surface area contributed by atoms with Gasteiger partial charge in [-0.2, -0.15) is 0 Å². The summed E-state index contributed by atoms with van der Waals surface area (Å²) in [7, 11) is 0. The molecule has 3 aromatic rings. The fourth-order valence-corrected chi connectivity index (χ4v) is 3.54. The Balaban J connectivity index is 1.50. The monoisotopic (exact) mass is 418 g/mol. The number of benzene rings is 3. The van der Waals surface area contributed by atoms with Crippen molar-refractivity contribution in [2.75, 3.05) is 0 Å². The van der Waals surface area contributed by atoms with Crippen molar-refractivity contribution in [2.24, 2.45) is 4.99 Å². The first kappa shape index (κ1) is 19.6. The molecule has 0 bridgehead atoms. The number of hydrogen-bond donors (Lipinski definition) is 1. The van der Waals surface area contributed by atoms with E-state index < -0.39 is 11.8 Å². The van der Waals surface area contributed by atoms with Crippen LogP contribution in [0, 0.1) is 5.82 Å². The molecule has 1 aliphatic rings. The lowest BCUT2D eigenvalue weighted by atomic mass is 10.2. The molecule has 148 valence electrons. The minimum absolute atomic E-state index is 0.117. The van der Waals surface area contributed by atoms with Crippen LogP contribution in [0.5, 0.6) is 5.75 Å². The summed E-state index contributed by atoms with van der Waals surface area (Å²) in [5, 5.41) is 3.22. The van der Waals surface area contributed by atoms with Crippen molar-refractivity contribution in [3.63, 3.8) is 0 Å². The summed E-state index contributed by atoms with van der Waals surface area (Å²) in [6.07, 6.45) is 1.69. The van der Waals surface area contributed by atoms with E-state index in [1.165, 1.54) is 30.0 Å². The van der Waals surface area contributed by atoms with Crippen LogP contribution in [0.4, 0.5) is 10.1 Å². The molecule has 0 aliphatic carbocycles. The Bertz CT molecular complexity index is 1180. The summed E-state index contributed by atoms with van der Waals surface area (Å²) < 4.78 is 18.6. The van der Waals surface area contributed by atoms with Gasteiger partial charge in [0.05, 0.1) is 16.2 Å². The smallest absolute Gasteiger partial charge is 0.343 e. The lowest BCUT2D eigenvalue weighted by molar-refractivity contribution is -0.115. The van der Waals surface area contributed by atoms with Gasteiger partial charge in [0.15, 0.2) is 5.17 Å². The van der Waals surface area contributed by atoms with Gasteiger partial charge in [0.1, 0.15) is 11.6 Å². The quantitative estimate of drug-likeness (QED) is 0.370. The van der Waals surface area contributed by atoms with Gasteiger partial charge in [-0.25, -0.2) is 14.2 Å². The van der Waals surface area contributed by atoms with Gasteiger partial charge >= 0.3 is 5.97 Å². The van der Waals surface area contributed by atoms with Gasteiger partial charge in [-0.3, -0.25) is 4.79 Å². The number of nitrogens with zero attached hydrogens (tertiary/aromatic N) is 1. The fraction of sp³-hybridized carbons (Fsp3) is 0. The lowest BCUT2D eigenvalue weighted by Crippen LogP contribution is -2.19. The molecule has 3 aromatic carbocycles. The predicted octanol–water partition coefficient (Wildman–Crippen LogP) is 4.94. The van der Waals surface area contributed by atoms with E-state index in [2.05, 4.69) is 10.3 Å². The molecule has 30 heavy (non-hydrogen) atoms. The third-order valence-electron chi connectivity index (χ3n) is 4.06. The summed E-state index contributed by atoms with van der Waals surface area (Å²) in [6, 6.07) is 21.3. The minimum atomic E-state index is -0.662. The zero-order valence-electron chi connectivity index (χ0n) is 15.5. The number of rotatable bonds is 4. The number of amides is 1. The molecule has 1 N–H and O–H groups in total. The van der Waals surface area contributed by atoms with Gasteiger partial charge < -0.3 is 10.1 Å². The number of carbonyl (C=O) groups excluding carboxylic acids is 2. The zero-order valence-corrected chi connectivity index (χ0v) is 16.4. The van der Waals surface area contributed by atoms with Crippen LogP contribution in [0.25, 0.3) is 6.08 Å². The standard InChI is InChI=1S/C23H15FN2O3S/c24-17-8-5-7-16(14-17)22(28)29-19-11-4-6-15(12-19)13-20-21(27)26-23(30-20)25-18-9-2-1-3-10-18/h1-14H,(H,25,26,27)/b20-13-. The van der Waals surface area contributed by atoms with E-state index in [-0.39, 0.29) is 11.5 Å². The van der Waals surface area contributed by atoms with E-state index in [4.69, 9.17) is 4.74 Å². The highest BCUT2D eigenvalue weighted by molar-refractivity contribution is 8.18. The number of aliphatic imine (C=N–C) groups is 1. The second-order valence-electron chi connectivity index (χ2n) is 6.29. The van der Waals surface area contributed by atoms with Crippen LogP contribution in [0.15, 0.2) is 88.8 Å². The van der Waals surface area contributed by atoms with Gasteiger partial charge in [0.2, 0.25) is 0 Å². The summed E-state index contributed by atoms with van der Waals surface area (Å²) in [6.45, 7) is 0. The maximum absolute atomic E-state index is 13.3. The van der Waals surface area contributed by atoms with Gasteiger partial charge in [-0.05, 0) is 65.9 Å². The maximum atomic E-state index is 13.3. The molecule has 0 saturated carbocycles. The van der Waals surface area contributed by atoms with E-state index in [1.807, 2.05) is 30.3 Å². The molecule has 0 aromatic heterocycles. The summed E-state index contributed by atoms with van der Waals surface area (Å²) in [5.41, 5.74) is 1.54. The number of ether oxygens (including phenoxy) is 1. The molecule has 1 aliphatic heterocycles. The molecule has 0 unspecified atom stereocenters. The molecule has 4 rings (SSSR count). The van der Waals surface area contributed by atoms with Crippen LogP contribution < -0.4 is 10.1 Å². The highest BCUT2D eigenvalue weighted by Gasteiger charge is 2.23. The SMILES string of the molecule is O=C1NC(=Nc2ccccc2)S/C1=C\c1cccc(OC(=O)c2cccc(F)c2)c1. The predicted molar refractivity (Wildman–Crippen MR) is 115 cm³/mol. The third kappa shape index (κ3) is 4.82. The third-order valence-corrected chi connectivity index (χ3v) is 4.97. The first-order valence-electron chi connectivity index (χ1n) is 8.99. The minimum Gasteiger partial charge on any atom is -0.423 e. The van der Waals surface area contributed by atoms with E-state index in [0.29, 0.717) is 21.4 Å². The largest absolute Gasteiger partial charge is 0.423 e. The molecule has 7 heteroatoms. The lowest BCUT2D eigenvalue weighted by Gasteiger charge is -2.05. The van der Waals surface area contributed by atoms with Crippen molar-refractivity contribution < 1.29 is 18.7 Å². The number of esters is 1. The van der Waals surface area contributed by atoms with Crippen LogP contribution >= 0.6 is 11.8 Å². The van der Waals surface area contributed by atoms with Crippen LogP contribution in [0.2, 0.25) is 0 Å². The van der Waals surface area contributed by atoms with Crippen LogP contribution in [-0.4, -0.2) is 17.0 Å². The van der Waals surface area contributed by atoms with Crippen LogP contribution in [0.1, 0.15) is 15.9 Å². The molecule has 5 nitrogen and oxygen atoms in total. The van der Waals surface area contributed by atoms with Gasteiger partial charge in [-0.1, -0.05) is 36.4 Å². The van der Waals surface area contributed by atoms with Crippen molar-refractivity contribution in [1.82, 2.24) is 5.32 Å². The van der Waals surface area contributed by atoms with Crippen molar-refractivity contribution in [3.8, 4) is 5.75 Å². The second kappa shape index (κ2) is 8.75. The molecule has 1 amide bonds. The van der Waals surface area contributed by atoms with Gasteiger partial charge in [0.25, 0.3) is 5.91 Å². The normalized spacial score (nSPS) is 16.0. The molecule has 0 spiro atoms. The maximum Gasteiger partial charge on any atom is 0.343 e. The number of nitrogens with one attached hydrogen (secondary N) is 1. The van der Waals surface area contributed by atoms with E-state index in [0.717, 1.165) is 11.8 Å². The Morgan fingerprint density at radius 1 is 1.00 bits per heavy atom. The highest BCUT2D eigenvalue weighted by Crippen LogP contribution is 2.28. The van der Waals surface area contributed by atoms with Crippen LogP contribution in [0.3, 0.4) is 0 Å². The number of halogens is 1. The molecular weight excluding hydrogens is 403 g/mol. The van der Waals surface area contributed by atoms with Gasteiger partial charge in [-0.15, -0.1) is 0 Å². The number of thioether (sulfide) groups is 1. The first-order chi connectivity index (χ1) is 14.6. The molecule has 1 saturated heterocycles. The topological polar surface area (TPSA) is 67.8 Å². The Morgan fingerprint density at radius 3 is 2.60 bits per heavy atom. The van der Waals surface area contributed by atoms with E-state index >= 15 is 0 Å². The fourth-order valence-electron chi connectivity index (χ4n) is 2.70. The van der Waals surface area contributed by atoms with Crippen molar-refractivity contribution in [1.29, 1.82) is 0 Å². The second-order valence-corrected chi connectivity index (χ2v) is 7.32. The van der Waals surface area contributed by atoms with E-state index in [1.54, 1.807) is 30.3 Å². The Labute approximate surface area is 176 Å². The average molecular weight is 418 g/mol. The van der Waals surface area contributed by atoms with E-state index in [9.17, 15) is 14.0 Å². The van der Waals surface area contributed by atoms with Gasteiger partial charge in [0, 0.05) is 0 Å². The Kier molecular flexibility index (Phi) is 5.72. The Morgan fingerprint density at radius 2 is 1.80 bits per heavy atom. The molecule has 1 fully saturated rings. The molecular formula is C23H15FN2O3S. The van der Waals surface area contributed by atoms with Crippen LogP contribution in [-0.2, 0) is 4.79 Å². The molecule has 0 atom stereocenters. The summed E-state index contributed by atoms with van der Waals surface area (Å²) in [4.78, 5) is 29.3. The van der Waals surface area contributed by atoms with Crippen molar-refractivity contribution in [2.45, 2.75) is 0 Å². The molecule has 1 heterocycles. The Hall–Kier alpha value is -3.71. The zero-order chi connectivity index (χ0) is 20.9. The van der Waals surface area contributed by atoms with Crippen molar-refractivity contribution in [3.05, 3.63) is 101 Å². The first-order valence-corrected chi connectivity index (χ1v) is 9.81. The van der Waals surface area contributed by atoms with Crippen molar-refractivity contribution >= 4 is 40.6 Å². The average Bonchev–Trinajstić information content (AvgIpc) is 3.07. The number of carbonyl (C=O) groups is 2. The number of para-hydroxylation sites is 1. The summed E-state index contributed by atoms with van der Waals surface area (Å²) in [5.74, 6) is -1.14. The number of hydrogen-bond acceptors (Lipinski definition) is 5. The number of amidine groups is 1. The molecule has 0 radical (unpaired) electrons.